The van der Waals surface area contributed by atoms with Gasteiger partial charge in [0.05, 0.1) is 19.6 Å². The van der Waals surface area contributed by atoms with Crippen LogP contribution in [0.2, 0.25) is 5.02 Å². The van der Waals surface area contributed by atoms with Crippen molar-refractivity contribution in [1.82, 2.24) is 14.8 Å². The van der Waals surface area contributed by atoms with E-state index >= 15 is 0 Å². The number of nitrogens with zero attached hydrogens (tertiary/aromatic N) is 3. The summed E-state index contributed by atoms with van der Waals surface area (Å²) in [5, 5.41) is 10.1. The zero-order chi connectivity index (χ0) is 25.3. The lowest BCUT2D eigenvalue weighted by Crippen LogP contribution is -2.19. The first kappa shape index (κ1) is 25.8. The second-order valence-electron chi connectivity index (χ2n) is 8.06. The number of thioether (sulfide) groups is 1. The number of aromatic nitrogens is 3. The highest BCUT2D eigenvalue weighted by Gasteiger charge is 2.21. The van der Waals surface area contributed by atoms with E-state index < -0.39 is 6.04 Å². The number of hydrogen-bond donors (Lipinski definition) is 1. The van der Waals surface area contributed by atoms with Gasteiger partial charge in [0.2, 0.25) is 0 Å². The van der Waals surface area contributed by atoms with Gasteiger partial charge >= 0.3 is 5.97 Å². The van der Waals surface area contributed by atoms with Crippen LogP contribution in [0.1, 0.15) is 29.4 Å². The van der Waals surface area contributed by atoms with E-state index in [9.17, 15) is 4.79 Å². The van der Waals surface area contributed by atoms with Crippen molar-refractivity contribution >= 4 is 29.3 Å². The molecule has 3 aromatic carbocycles. The zero-order valence-electron chi connectivity index (χ0n) is 19.8. The predicted molar refractivity (Wildman–Crippen MR) is 142 cm³/mol. The molecule has 1 heterocycles. The Labute approximate surface area is 219 Å². The molecule has 0 fully saturated rings. The lowest BCUT2D eigenvalue weighted by molar-refractivity contribution is -0.140. The molecule has 0 saturated heterocycles. The molecule has 0 amide bonds. The molecule has 36 heavy (non-hydrogen) atoms. The Morgan fingerprint density at radius 3 is 2.42 bits per heavy atom. The molecule has 0 aliphatic rings. The van der Waals surface area contributed by atoms with Crippen LogP contribution >= 0.6 is 23.4 Å². The van der Waals surface area contributed by atoms with E-state index in [4.69, 9.17) is 26.8 Å². The number of methoxy groups -OCH3 is 1. The Morgan fingerprint density at radius 2 is 1.72 bits per heavy atom. The fourth-order valence-electron chi connectivity index (χ4n) is 3.58. The standard InChI is InChI=1S/C27H27ClN4O3S/c1-34-25(33)15-16-36-27-31-30-26(24(29)17-19-7-9-21(28)10-8-19)32(27)22-11-13-23(14-12-22)35-18-20-5-3-2-4-6-20/h2-14,24H,15-18,29H2,1H3. The molecule has 0 aliphatic carbocycles. The Hall–Kier alpha value is -3.33. The molecule has 186 valence electrons. The van der Waals surface area contributed by atoms with E-state index in [1.165, 1.54) is 18.9 Å². The molecule has 0 spiro atoms. The molecule has 4 rings (SSSR count). The largest absolute Gasteiger partial charge is 0.489 e. The third-order valence-corrected chi connectivity index (χ3v) is 6.65. The molecule has 0 aliphatic heterocycles. The van der Waals surface area contributed by atoms with Crippen molar-refractivity contribution in [3.05, 3.63) is 101 Å². The molecule has 1 atom stereocenters. The van der Waals surface area contributed by atoms with Crippen molar-refractivity contribution in [2.75, 3.05) is 12.9 Å². The Kier molecular flexibility index (Phi) is 9.00. The van der Waals surface area contributed by atoms with Crippen molar-refractivity contribution in [3.63, 3.8) is 0 Å². The monoisotopic (exact) mass is 522 g/mol. The lowest BCUT2D eigenvalue weighted by atomic mass is 10.1. The first-order valence-corrected chi connectivity index (χ1v) is 12.8. The smallest absolute Gasteiger partial charge is 0.306 e. The summed E-state index contributed by atoms with van der Waals surface area (Å²) in [6.45, 7) is 0.485. The molecule has 1 aromatic heterocycles. The van der Waals surface area contributed by atoms with Crippen LogP contribution in [0.25, 0.3) is 5.69 Å². The van der Waals surface area contributed by atoms with E-state index in [0.29, 0.717) is 34.8 Å². The number of hydrogen-bond acceptors (Lipinski definition) is 7. The average molecular weight is 523 g/mol. The quantitative estimate of drug-likeness (QED) is 0.208. The normalized spacial score (nSPS) is 11.8. The Morgan fingerprint density at radius 1 is 1.00 bits per heavy atom. The second-order valence-corrected chi connectivity index (χ2v) is 9.55. The summed E-state index contributed by atoms with van der Waals surface area (Å²) in [6, 6.07) is 24.9. The van der Waals surface area contributed by atoms with E-state index in [-0.39, 0.29) is 12.4 Å². The third-order valence-electron chi connectivity index (χ3n) is 5.47. The van der Waals surface area contributed by atoms with Crippen molar-refractivity contribution in [2.45, 2.75) is 30.6 Å². The van der Waals surface area contributed by atoms with Crippen LogP contribution in [0.5, 0.6) is 5.75 Å². The molecule has 0 radical (unpaired) electrons. The van der Waals surface area contributed by atoms with Crippen molar-refractivity contribution in [3.8, 4) is 11.4 Å². The van der Waals surface area contributed by atoms with E-state index in [1.807, 2.05) is 83.4 Å². The van der Waals surface area contributed by atoms with Crippen LogP contribution in [-0.2, 0) is 22.6 Å². The van der Waals surface area contributed by atoms with Gasteiger partial charge in [-0.1, -0.05) is 65.8 Å². The van der Waals surface area contributed by atoms with Crippen LogP contribution < -0.4 is 10.5 Å². The summed E-state index contributed by atoms with van der Waals surface area (Å²) in [6.07, 6.45) is 0.840. The maximum atomic E-state index is 11.6. The Balaban J connectivity index is 1.55. The van der Waals surface area contributed by atoms with Gasteiger partial charge in [-0.05, 0) is 53.9 Å². The first-order valence-electron chi connectivity index (χ1n) is 11.5. The minimum atomic E-state index is -0.400. The minimum absolute atomic E-state index is 0.270. The van der Waals surface area contributed by atoms with Gasteiger partial charge in [-0.25, -0.2) is 0 Å². The van der Waals surface area contributed by atoms with Gasteiger partial charge in [-0.3, -0.25) is 9.36 Å². The van der Waals surface area contributed by atoms with Crippen LogP contribution in [0.15, 0.2) is 84.0 Å². The topological polar surface area (TPSA) is 92.3 Å². The number of ether oxygens (including phenoxy) is 2. The molecule has 4 aromatic rings. The number of carbonyl (C=O) groups excluding carboxylic acids is 1. The number of halogens is 1. The summed E-state index contributed by atoms with van der Waals surface area (Å²) in [7, 11) is 1.38. The SMILES string of the molecule is COC(=O)CCSc1nnc(C(N)Cc2ccc(Cl)cc2)n1-c1ccc(OCc2ccccc2)cc1. The van der Waals surface area contributed by atoms with Crippen LogP contribution in [0, 0.1) is 0 Å². The van der Waals surface area contributed by atoms with Gasteiger partial charge in [-0.2, -0.15) is 0 Å². The summed E-state index contributed by atoms with van der Waals surface area (Å²) >= 11 is 7.45. The molecule has 7 nitrogen and oxygen atoms in total. The fraction of sp³-hybridized carbons (Fsp3) is 0.222. The average Bonchev–Trinajstić information content (AvgIpc) is 3.33. The second kappa shape index (κ2) is 12.6. The van der Waals surface area contributed by atoms with Gasteiger partial charge in [0.25, 0.3) is 0 Å². The molecular weight excluding hydrogens is 496 g/mol. The summed E-state index contributed by atoms with van der Waals surface area (Å²) in [4.78, 5) is 11.6. The molecule has 0 saturated carbocycles. The number of nitrogens with two attached hydrogens (primary N) is 1. The number of carbonyl (C=O) groups is 1. The fourth-order valence-corrected chi connectivity index (χ4v) is 4.59. The van der Waals surface area contributed by atoms with Crippen LogP contribution in [0.3, 0.4) is 0 Å². The van der Waals surface area contributed by atoms with Gasteiger partial charge < -0.3 is 15.2 Å². The van der Waals surface area contributed by atoms with Gasteiger partial charge in [0.1, 0.15) is 12.4 Å². The summed E-state index contributed by atoms with van der Waals surface area (Å²) < 4.78 is 12.6. The van der Waals surface area contributed by atoms with Crippen LogP contribution in [-0.4, -0.2) is 33.6 Å². The maximum Gasteiger partial charge on any atom is 0.306 e. The Bertz CT molecular complexity index is 1260. The van der Waals surface area contributed by atoms with E-state index in [1.54, 1.807) is 0 Å². The lowest BCUT2D eigenvalue weighted by Gasteiger charge is -2.16. The molecule has 0 bridgehead atoms. The van der Waals surface area contributed by atoms with Gasteiger partial charge in [0, 0.05) is 16.5 Å². The molecule has 9 heteroatoms. The van der Waals surface area contributed by atoms with Crippen molar-refractivity contribution in [2.24, 2.45) is 5.73 Å². The number of benzene rings is 3. The van der Waals surface area contributed by atoms with Crippen molar-refractivity contribution in [1.29, 1.82) is 0 Å². The highest BCUT2D eigenvalue weighted by Crippen LogP contribution is 2.28. The van der Waals surface area contributed by atoms with E-state index in [2.05, 4.69) is 10.2 Å². The molecule has 2 N–H and O–H groups in total. The number of rotatable bonds is 11. The van der Waals surface area contributed by atoms with Crippen LogP contribution in [0.4, 0.5) is 0 Å². The summed E-state index contributed by atoms with van der Waals surface area (Å²) in [5.74, 6) is 1.62. The predicted octanol–water partition coefficient (Wildman–Crippen LogP) is 5.40. The third kappa shape index (κ3) is 6.87. The highest BCUT2D eigenvalue weighted by atomic mass is 35.5. The zero-order valence-corrected chi connectivity index (χ0v) is 21.4. The molecule has 1 unspecified atom stereocenters. The number of esters is 1. The summed E-state index contributed by atoms with van der Waals surface area (Å²) in [5.41, 5.74) is 9.59. The van der Waals surface area contributed by atoms with Gasteiger partial charge in [-0.15, -0.1) is 10.2 Å². The first-order chi connectivity index (χ1) is 17.5. The van der Waals surface area contributed by atoms with E-state index in [0.717, 1.165) is 22.6 Å². The molecular formula is C27H27ClN4O3S. The minimum Gasteiger partial charge on any atom is -0.489 e. The highest BCUT2D eigenvalue weighted by molar-refractivity contribution is 7.99. The van der Waals surface area contributed by atoms with Crippen molar-refractivity contribution < 1.29 is 14.3 Å². The van der Waals surface area contributed by atoms with Gasteiger partial charge in [0.15, 0.2) is 11.0 Å². The maximum absolute atomic E-state index is 11.6.